The van der Waals surface area contributed by atoms with Crippen LogP contribution in [0.1, 0.15) is 20.8 Å². The van der Waals surface area contributed by atoms with Gasteiger partial charge in [-0.3, -0.25) is 9.59 Å². The summed E-state index contributed by atoms with van der Waals surface area (Å²) in [4.78, 5) is 27.5. The number of thioether (sulfide) groups is 1. The molecule has 1 atom stereocenters. The van der Waals surface area contributed by atoms with Crippen molar-refractivity contribution in [1.82, 2.24) is 10.3 Å². The van der Waals surface area contributed by atoms with Crippen molar-refractivity contribution in [2.24, 2.45) is 5.92 Å². The SMILES string of the molecule is CC(=O)C(NC(=O)CSc1ncc(-c2ccc(F)cc2)o1)C(C)C. The summed E-state index contributed by atoms with van der Waals surface area (Å²) < 4.78 is 18.5. The number of rotatable bonds is 7. The fourth-order valence-electron chi connectivity index (χ4n) is 2.15. The van der Waals surface area contributed by atoms with Crippen molar-refractivity contribution >= 4 is 23.5 Å². The Morgan fingerprint density at radius 1 is 1.29 bits per heavy atom. The Labute approximate surface area is 144 Å². The minimum atomic E-state index is -0.488. The van der Waals surface area contributed by atoms with Crippen LogP contribution in [0, 0.1) is 11.7 Å². The first-order valence-corrected chi connectivity index (χ1v) is 8.49. The van der Waals surface area contributed by atoms with Gasteiger partial charge in [-0.15, -0.1) is 0 Å². The Balaban J connectivity index is 1.92. The molecule has 0 radical (unpaired) electrons. The molecule has 1 heterocycles. The highest BCUT2D eigenvalue weighted by molar-refractivity contribution is 7.99. The van der Waals surface area contributed by atoms with E-state index in [0.717, 1.165) is 11.8 Å². The van der Waals surface area contributed by atoms with E-state index in [0.29, 0.717) is 16.5 Å². The first-order chi connectivity index (χ1) is 11.4. The third-order valence-corrected chi connectivity index (χ3v) is 4.20. The van der Waals surface area contributed by atoms with Crippen LogP contribution in [0.4, 0.5) is 4.39 Å². The minimum absolute atomic E-state index is 0.0308. The minimum Gasteiger partial charge on any atom is -0.431 e. The van der Waals surface area contributed by atoms with Crippen LogP contribution in [-0.2, 0) is 9.59 Å². The van der Waals surface area contributed by atoms with Crippen molar-refractivity contribution in [3.05, 3.63) is 36.3 Å². The molecule has 2 aromatic rings. The Kier molecular flexibility index (Phi) is 6.14. The topological polar surface area (TPSA) is 72.2 Å². The maximum Gasteiger partial charge on any atom is 0.256 e. The molecule has 7 heteroatoms. The first kappa shape index (κ1) is 18.2. The van der Waals surface area contributed by atoms with E-state index in [9.17, 15) is 14.0 Å². The van der Waals surface area contributed by atoms with Gasteiger partial charge < -0.3 is 9.73 Å². The van der Waals surface area contributed by atoms with Crippen LogP contribution in [-0.4, -0.2) is 28.5 Å². The molecule has 1 N–H and O–H groups in total. The monoisotopic (exact) mass is 350 g/mol. The molecule has 0 aliphatic rings. The zero-order chi connectivity index (χ0) is 17.7. The van der Waals surface area contributed by atoms with Gasteiger partial charge in [-0.1, -0.05) is 25.6 Å². The second-order valence-corrected chi connectivity index (χ2v) is 6.61. The Morgan fingerprint density at radius 3 is 2.54 bits per heavy atom. The number of benzene rings is 1. The molecule has 0 bridgehead atoms. The molecule has 0 spiro atoms. The highest BCUT2D eigenvalue weighted by Gasteiger charge is 2.20. The summed E-state index contributed by atoms with van der Waals surface area (Å²) in [7, 11) is 0. The number of Topliss-reactive ketones (excluding diaryl/α,β-unsaturated/α-hetero) is 1. The molecule has 1 unspecified atom stereocenters. The molecular formula is C17H19FN2O3S. The van der Waals surface area contributed by atoms with Gasteiger partial charge >= 0.3 is 0 Å². The van der Waals surface area contributed by atoms with E-state index in [2.05, 4.69) is 10.3 Å². The summed E-state index contributed by atoms with van der Waals surface area (Å²) in [5.74, 6) is -0.0203. The number of halogens is 1. The van der Waals surface area contributed by atoms with E-state index in [1.807, 2.05) is 13.8 Å². The number of oxazole rings is 1. The lowest BCUT2D eigenvalue weighted by atomic mass is 10.0. The van der Waals surface area contributed by atoms with Gasteiger partial charge in [-0.25, -0.2) is 9.37 Å². The molecule has 1 aromatic carbocycles. The Morgan fingerprint density at radius 2 is 1.96 bits per heavy atom. The van der Waals surface area contributed by atoms with Crippen molar-refractivity contribution in [3.63, 3.8) is 0 Å². The second kappa shape index (κ2) is 8.10. The number of carbonyl (C=O) groups excluding carboxylic acids is 2. The van der Waals surface area contributed by atoms with Crippen LogP contribution in [0.15, 0.2) is 40.1 Å². The standard InChI is InChI=1S/C17H19FN2O3S/c1-10(2)16(11(3)21)20-15(22)9-24-17-19-8-14(23-17)12-4-6-13(18)7-5-12/h4-8,10,16H,9H2,1-3H3,(H,20,22). The van der Waals surface area contributed by atoms with Crippen molar-refractivity contribution in [2.45, 2.75) is 32.0 Å². The number of hydrogen-bond acceptors (Lipinski definition) is 5. The van der Waals surface area contributed by atoms with E-state index >= 15 is 0 Å². The summed E-state index contributed by atoms with van der Waals surface area (Å²) >= 11 is 1.14. The van der Waals surface area contributed by atoms with Gasteiger partial charge in [0.2, 0.25) is 5.91 Å². The van der Waals surface area contributed by atoms with Gasteiger partial charge in [0, 0.05) is 5.56 Å². The smallest absolute Gasteiger partial charge is 0.256 e. The van der Waals surface area contributed by atoms with Gasteiger partial charge in [-0.05, 0) is 37.1 Å². The maximum absolute atomic E-state index is 12.9. The predicted molar refractivity (Wildman–Crippen MR) is 90.1 cm³/mol. The van der Waals surface area contributed by atoms with Crippen molar-refractivity contribution < 1.29 is 18.4 Å². The van der Waals surface area contributed by atoms with Crippen LogP contribution in [0.2, 0.25) is 0 Å². The molecule has 0 aliphatic heterocycles. The lowest BCUT2D eigenvalue weighted by Gasteiger charge is -2.19. The zero-order valence-electron chi connectivity index (χ0n) is 13.7. The quantitative estimate of drug-likeness (QED) is 0.776. The fourth-order valence-corrected chi connectivity index (χ4v) is 2.77. The molecule has 0 fully saturated rings. The van der Waals surface area contributed by atoms with Crippen molar-refractivity contribution in [1.29, 1.82) is 0 Å². The maximum atomic E-state index is 12.9. The average Bonchev–Trinajstić information content (AvgIpc) is 2.99. The third kappa shape index (κ3) is 4.92. The fraction of sp³-hybridized carbons (Fsp3) is 0.353. The molecule has 1 aromatic heterocycles. The van der Waals surface area contributed by atoms with Gasteiger partial charge in [0.1, 0.15) is 5.82 Å². The van der Waals surface area contributed by atoms with Gasteiger partial charge in [-0.2, -0.15) is 0 Å². The van der Waals surface area contributed by atoms with E-state index in [1.54, 1.807) is 12.1 Å². The number of aromatic nitrogens is 1. The number of hydrogen-bond donors (Lipinski definition) is 1. The molecular weight excluding hydrogens is 331 g/mol. The predicted octanol–water partition coefficient (Wildman–Crippen LogP) is 3.30. The van der Waals surface area contributed by atoms with E-state index in [-0.39, 0.29) is 29.2 Å². The van der Waals surface area contributed by atoms with Crippen LogP contribution < -0.4 is 5.32 Å². The zero-order valence-corrected chi connectivity index (χ0v) is 14.5. The summed E-state index contributed by atoms with van der Waals surface area (Å²) in [6.07, 6.45) is 1.53. The molecule has 5 nitrogen and oxygen atoms in total. The Hall–Kier alpha value is -2.15. The lowest BCUT2D eigenvalue weighted by Crippen LogP contribution is -2.44. The highest BCUT2D eigenvalue weighted by Crippen LogP contribution is 2.25. The normalized spacial score (nSPS) is 12.2. The highest BCUT2D eigenvalue weighted by atomic mass is 32.2. The van der Waals surface area contributed by atoms with Gasteiger partial charge in [0.05, 0.1) is 18.0 Å². The molecule has 2 rings (SSSR count). The first-order valence-electron chi connectivity index (χ1n) is 7.51. The molecule has 128 valence electrons. The summed E-state index contributed by atoms with van der Waals surface area (Å²) in [6.45, 7) is 5.21. The third-order valence-electron chi connectivity index (χ3n) is 3.36. The van der Waals surface area contributed by atoms with Gasteiger partial charge in [0.15, 0.2) is 11.5 Å². The summed E-state index contributed by atoms with van der Waals surface area (Å²) in [6, 6.07) is 5.38. The van der Waals surface area contributed by atoms with Crippen molar-refractivity contribution in [2.75, 3.05) is 5.75 Å². The molecule has 24 heavy (non-hydrogen) atoms. The summed E-state index contributed by atoms with van der Waals surface area (Å²) in [5, 5.41) is 3.05. The van der Waals surface area contributed by atoms with Gasteiger partial charge in [0.25, 0.3) is 5.22 Å². The number of nitrogens with one attached hydrogen (secondary N) is 1. The molecule has 0 saturated carbocycles. The number of carbonyl (C=O) groups is 2. The van der Waals surface area contributed by atoms with E-state index < -0.39 is 6.04 Å². The van der Waals surface area contributed by atoms with Crippen molar-refractivity contribution in [3.8, 4) is 11.3 Å². The lowest BCUT2D eigenvalue weighted by molar-refractivity contribution is -0.126. The molecule has 1 amide bonds. The number of amides is 1. The number of nitrogens with zero attached hydrogens (tertiary/aromatic N) is 1. The number of ketones is 1. The van der Waals surface area contributed by atoms with Crippen LogP contribution in [0.3, 0.4) is 0 Å². The van der Waals surface area contributed by atoms with Crippen LogP contribution >= 0.6 is 11.8 Å². The average molecular weight is 350 g/mol. The molecule has 0 saturated heterocycles. The Bertz CT molecular complexity index is 713. The van der Waals surface area contributed by atoms with E-state index in [4.69, 9.17) is 4.42 Å². The van der Waals surface area contributed by atoms with Crippen LogP contribution in [0.25, 0.3) is 11.3 Å². The largest absolute Gasteiger partial charge is 0.431 e. The second-order valence-electron chi connectivity index (χ2n) is 5.69. The molecule has 0 aliphatic carbocycles. The van der Waals surface area contributed by atoms with Crippen LogP contribution in [0.5, 0.6) is 0 Å². The summed E-state index contributed by atoms with van der Waals surface area (Å²) in [5.41, 5.74) is 0.705. The van der Waals surface area contributed by atoms with E-state index in [1.165, 1.54) is 25.3 Å².